The molecule has 0 bridgehead atoms. The molecule has 0 spiro atoms. The zero-order chi connectivity index (χ0) is 17.1. The van der Waals surface area contributed by atoms with Crippen molar-refractivity contribution >= 4 is 6.09 Å². The molecule has 1 unspecified atom stereocenters. The summed E-state index contributed by atoms with van der Waals surface area (Å²) in [6.45, 7) is 1.33. The Balaban J connectivity index is 1.74. The van der Waals surface area contributed by atoms with Crippen LogP contribution in [-0.4, -0.2) is 22.3 Å². The van der Waals surface area contributed by atoms with Crippen molar-refractivity contribution in [1.82, 2.24) is 10.2 Å². The summed E-state index contributed by atoms with van der Waals surface area (Å²) < 4.78 is 25.3. The molecule has 0 saturated heterocycles. The highest BCUT2D eigenvalue weighted by molar-refractivity contribution is 5.64. The molecule has 4 nitrogen and oxygen atoms in total. The molecule has 0 aliphatic carbocycles. The molecule has 6 heteroatoms. The van der Waals surface area contributed by atoms with Crippen LogP contribution < -0.4 is 5.32 Å². The lowest BCUT2D eigenvalue weighted by Crippen LogP contribution is -2.46. The molecule has 0 radical (unpaired) electrons. The second kappa shape index (κ2) is 6.97. The van der Waals surface area contributed by atoms with Crippen molar-refractivity contribution < 1.29 is 18.7 Å². The standard InChI is InChI=1S/C18H18F2N2O2/c19-17(20)13-7-5-12(6-8-13)9-16(21-18(23)24)22-10-14-3-1-2-4-15(14)11-22/h1-8,16-17,21H,9-11H2,(H,23,24). The number of carboxylic acid groups (broad SMARTS) is 1. The van der Waals surface area contributed by atoms with Gasteiger partial charge in [-0.2, -0.15) is 0 Å². The van der Waals surface area contributed by atoms with Gasteiger partial charge in [0.25, 0.3) is 6.43 Å². The zero-order valence-corrected chi connectivity index (χ0v) is 13.0. The van der Waals surface area contributed by atoms with Gasteiger partial charge in [-0.3, -0.25) is 4.90 Å². The van der Waals surface area contributed by atoms with Gasteiger partial charge in [0, 0.05) is 25.1 Å². The zero-order valence-electron chi connectivity index (χ0n) is 13.0. The van der Waals surface area contributed by atoms with Gasteiger partial charge in [0.05, 0.1) is 6.17 Å². The van der Waals surface area contributed by atoms with Crippen LogP contribution in [0.15, 0.2) is 48.5 Å². The molecule has 1 aliphatic rings. The van der Waals surface area contributed by atoms with E-state index in [1.807, 2.05) is 29.2 Å². The summed E-state index contributed by atoms with van der Waals surface area (Å²) in [6, 6.07) is 14.0. The van der Waals surface area contributed by atoms with E-state index in [9.17, 15) is 13.6 Å². The second-order valence-corrected chi connectivity index (χ2v) is 5.89. The molecule has 1 heterocycles. The maximum absolute atomic E-state index is 12.6. The summed E-state index contributed by atoms with van der Waals surface area (Å²) in [4.78, 5) is 13.2. The van der Waals surface area contributed by atoms with Crippen LogP contribution in [0.2, 0.25) is 0 Å². The molecule has 0 saturated carbocycles. The minimum absolute atomic E-state index is 0.0323. The van der Waals surface area contributed by atoms with E-state index in [0.29, 0.717) is 19.5 Å². The number of rotatable bonds is 5. The number of nitrogens with one attached hydrogen (secondary N) is 1. The summed E-state index contributed by atoms with van der Waals surface area (Å²) in [5.41, 5.74) is 3.15. The first kappa shape index (κ1) is 16.4. The molecular weight excluding hydrogens is 314 g/mol. The fourth-order valence-electron chi connectivity index (χ4n) is 3.02. The van der Waals surface area contributed by atoms with E-state index in [2.05, 4.69) is 5.32 Å². The van der Waals surface area contributed by atoms with Crippen LogP contribution in [0.1, 0.15) is 28.7 Å². The molecule has 1 amide bonds. The molecule has 2 N–H and O–H groups in total. The third kappa shape index (κ3) is 3.71. The number of hydrogen-bond acceptors (Lipinski definition) is 2. The highest BCUT2D eigenvalue weighted by atomic mass is 19.3. The largest absolute Gasteiger partial charge is 0.465 e. The van der Waals surface area contributed by atoms with Gasteiger partial charge in [-0.05, 0) is 16.7 Å². The molecule has 2 aromatic carbocycles. The Bertz CT molecular complexity index is 694. The number of carbonyl (C=O) groups is 1. The van der Waals surface area contributed by atoms with Crippen molar-refractivity contribution in [2.45, 2.75) is 32.1 Å². The predicted octanol–water partition coefficient (Wildman–Crippen LogP) is 3.78. The monoisotopic (exact) mass is 332 g/mol. The number of nitrogens with zero attached hydrogens (tertiary/aromatic N) is 1. The predicted molar refractivity (Wildman–Crippen MR) is 85.7 cm³/mol. The van der Waals surface area contributed by atoms with Crippen LogP contribution in [0.4, 0.5) is 13.6 Å². The molecule has 0 fully saturated rings. The summed E-state index contributed by atoms with van der Waals surface area (Å²) >= 11 is 0. The Hall–Kier alpha value is -2.47. The summed E-state index contributed by atoms with van der Waals surface area (Å²) in [7, 11) is 0. The Labute approximate surface area is 138 Å². The summed E-state index contributed by atoms with van der Waals surface area (Å²) in [5, 5.41) is 11.7. The third-order valence-corrected chi connectivity index (χ3v) is 4.26. The Morgan fingerprint density at radius 1 is 1.08 bits per heavy atom. The molecule has 0 aromatic heterocycles. The highest BCUT2D eigenvalue weighted by Gasteiger charge is 2.27. The number of fused-ring (bicyclic) bond motifs is 1. The topological polar surface area (TPSA) is 52.6 Å². The van der Waals surface area contributed by atoms with Crippen molar-refractivity contribution in [3.05, 3.63) is 70.8 Å². The van der Waals surface area contributed by atoms with Crippen LogP contribution in [0.25, 0.3) is 0 Å². The van der Waals surface area contributed by atoms with Crippen molar-refractivity contribution in [1.29, 1.82) is 0 Å². The Kier molecular flexibility index (Phi) is 4.76. The molecule has 24 heavy (non-hydrogen) atoms. The lowest BCUT2D eigenvalue weighted by molar-refractivity contribution is 0.140. The maximum atomic E-state index is 12.6. The molecule has 1 atom stereocenters. The summed E-state index contributed by atoms with van der Waals surface area (Å²) in [5.74, 6) is 0. The molecule has 126 valence electrons. The molecule has 2 aromatic rings. The van der Waals surface area contributed by atoms with E-state index in [1.54, 1.807) is 12.1 Å². The quantitative estimate of drug-likeness (QED) is 0.876. The molecular formula is C18H18F2N2O2. The average Bonchev–Trinajstić information content (AvgIpc) is 2.98. The van der Waals surface area contributed by atoms with Gasteiger partial charge in [-0.15, -0.1) is 0 Å². The highest BCUT2D eigenvalue weighted by Crippen LogP contribution is 2.25. The van der Waals surface area contributed by atoms with Crippen molar-refractivity contribution in [2.24, 2.45) is 0 Å². The Morgan fingerprint density at radius 3 is 2.17 bits per heavy atom. The minimum Gasteiger partial charge on any atom is -0.465 e. The molecule has 1 aliphatic heterocycles. The first-order valence-electron chi connectivity index (χ1n) is 7.70. The van der Waals surface area contributed by atoms with Crippen LogP contribution >= 0.6 is 0 Å². The van der Waals surface area contributed by atoms with Gasteiger partial charge in [-0.25, -0.2) is 13.6 Å². The number of amides is 1. The van der Waals surface area contributed by atoms with Gasteiger partial charge < -0.3 is 10.4 Å². The van der Waals surface area contributed by atoms with Crippen molar-refractivity contribution in [2.75, 3.05) is 0 Å². The molecule has 3 rings (SSSR count). The van der Waals surface area contributed by atoms with Crippen molar-refractivity contribution in [3.63, 3.8) is 0 Å². The fraction of sp³-hybridized carbons (Fsp3) is 0.278. The van der Waals surface area contributed by atoms with Crippen molar-refractivity contribution in [3.8, 4) is 0 Å². The van der Waals surface area contributed by atoms with Gasteiger partial charge >= 0.3 is 6.09 Å². The van der Waals surface area contributed by atoms with Crippen LogP contribution in [-0.2, 0) is 19.5 Å². The van der Waals surface area contributed by atoms with E-state index >= 15 is 0 Å². The average molecular weight is 332 g/mol. The van der Waals surface area contributed by atoms with E-state index in [0.717, 1.165) is 5.56 Å². The van der Waals surface area contributed by atoms with E-state index in [-0.39, 0.29) is 5.56 Å². The van der Waals surface area contributed by atoms with Gasteiger partial charge in [0.2, 0.25) is 0 Å². The fourth-order valence-corrected chi connectivity index (χ4v) is 3.02. The Morgan fingerprint density at radius 2 is 1.67 bits per heavy atom. The normalized spacial score (nSPS) is 15.3. The first-order chi connectivity index (χ1) is 11.5. The van der Waals surface area contributed by atoms with Crippen LogP contribution in [0.3, 0.4) is 0 Å². The number of hydrogen-bond donors (Lipinski definition) is 2. The number of halogens is 2. The van der Waals surface area contributed by atoms with E-state index in [1.165, 1.54) is 23.3 Å². The second-order valence-electron chi connectivity index (χ2n) is 5.89. The van der Waals surface area contributed by atoms with Gasteiger partial charge in [-0.1, -0.05) is 48.5 Å². The number of benzene rings is 2. The van der Waals surface area contributed by atoms with Gasteiger partial charge in [0.15, 0.2) is 0 Å². The van der Waals surface area contributed by atoms with E-state index in [4.69, 9.17) is 5.11 Å². The smallest absolute Gasteiger partial charge is 0.405 e. The third-order valence-electron chi connectivity index (χ3n) is 4.26. The lowest BCUT2D eigenvalue weighted by atomic mass is 10.1. The van der Waals surface area contributed by atoms with Gasteiger partial charge in [0.1, 0.15) is 0 Å². The van der Waals surface area contributed by atoms with Crippen LogP contribution in [0.5, 0.6) is 0 Å². The van der Waals surface area contributed by atoms with E-state index < -0.39 is 18.7 Å². The SMILES string of the molecule is O=C(O)NC(Cc1ccc(C(F)F)cc1)N1Cc2ccccc2C1. The van der Waals surface area contributed by atoms with Crippen LogP contribution in [0, 0.1) is 0 Å². The minimum atomic E-state index is -2.50. The number of alkyl halides is 2. The summed E-state index contributed by atoms with van der Waals surface area (Å²) in [6.07, 6.45) is -3.59. The maximum Gasteiger partial charge on any atom is 0.405 e. The first-order valence-corrected chi connectivity index (χ1v) is 7.70. The lowest BCUT2D eigenvalue weighted by Gasteiger charge is -2.27.